The van der Waals surface area contributed by atoms with Crippen molar-refractivity contribution in [3.63, 3.8) is 0 Å². The molecule has 0 aliphatic heterocycles. The Bertz CT molecular complexity index is 896. The summed E-state index contributed by atoms with van der Waals surface area (Å²) >= 11 is 1.69. The van der Waals surface area contributed by atoms with E-state index in [-0.39, 0.29) is 30.0 Å². The van der Waals surface area contributed by atoms with Crippen LogP contribution < -0.4 is 10.6 Å². The summed E-state index contributed by atoms with van der Waals surface area (Å²) in [4.78, 5) is 10.2. The zero-order valence-corrected chi connectivity index (χ0v) is 21.4. The lowest BCUT2D eigenvalue weighted by molar-refractivity contribution is 0.410. The van der Waals surface area contributed by atoms with Gasteiger partial charge in [-0.05, 0) is 38.0 Å². The Kier molecular flexibility index (Phi) is 10.5. The van der Waals surface area contributed by atoms with Crippen LogP contribution >= 0.6 is 35.3 Å². The first-order valence-electron chi connectivity index (χ1n) is 9.23. The molecule has 29 heavy (non-hydrogen) atoms. The SMILES string of the molecule is CCc1cnc(CNC(=NC)NCc2ccc(S(=O)(=O)N(C)C(C)C)cc2)s1.I. The highest BCUT2D eigenvalue weighted by Gasteiger charge is 2.22. The van der Waals surface area contributed by atoms with Gasteiger partial charge < -0.3 is 10.6 Å². The number of guanidine groups is 1. The number of thiazole rings is 1. The molecular formula is C19H30IN5O2S2. The van der Waals surface area contributed by atoms with E-state index in [9.17, 15) is 8.42 Å². The first-order chi connectivity index (χ1) is 13.3. The minimum Gasteiger partial charge on any atom is -0.352 e. The Morgan fingerprint density at radius 2 is 1.83 bits per heavy atom. The fraction of sp³-hybridized carbons (Fsp3) is 0.474. The van der Waals surface area contributed by atoms with Crippen LogP contribution in [0.3, 0.4) is 0 Å². The number of aryl methyl sites for hydroxylation is 1. The summed E-state index contributed by atoms with van der Waals surface area (Å²) in [6.45, 7) is 6.97. The van der Waals surface area contributed by atoms with Crippen LogP contribution in [0, 0.1) is 0 Å². The molecule has 0 saturated carbocycles. The molecule has 0 bridgehead atoms. The molecule has 10 heteroatoms. The molecule has 0 fully saturated rings. The second-order valence-corrected chi connectivity index (χ2v) is 9.81. The van der Waals surface area contributed by atoms with E-state index < -0.39 is 10.0 Å². The summed E-state index contributed by atoms with van der Waals surface area (Å²) in [5.41, 5.74) is 0.969. The van der Waals surface area contributed by atoms with Crippen LogP contribution in [0.15, 0.2) is 40.4 Å². The molecule has 0 atom stereocenters. The number of rotatable bonds is 8. The van der Waals surface area contributed by atoms with E-state index in [1.165, 1.54) is 9.18 Å². The van der Waals surface area contributed by atoms with Crippen molar-refractivity contribution in [1.29, 1.82) is 0 Å². The summed E-state index contributed by atoms with van der Waals surface area (Å²) in [6, 6.07) is 6.82. The number of hydrogen-bond acceptors (Lipinski definition) is 5. The molecule has 7 nitrogen and oxygen atoms in total. The van der Waals surface area contributed by atoms with Crippen molar-refractivity contribution < 1.29 is 8.42 Å². The van der Waals surface area contributed by atoms with E-state index in [1.807, 2.05) is 32.2 Å². The summed E-state index contributed by atoms with van der Waals surface area (Å²) in [5.74, 6) is 0.671. The van der Waals surface area contributed by atoms with E-state index in [0.29, 0.717) is 23.9 Å². The predicted molar refractivity (Wildman–Crippen MR) is 130 cm³/mol. The maximum Gasteiger partial charge on any atom is 0.243 e. The molecule has 2 rings (SSSR count). The molecule has 0 amide bonds. The molecular weight excluding hydrogens is 521 g/mol. The molecule has 0 aliphatic rings. The minimum absolute atomic E-state index is 0. The monoisotopic (exact) mass is 551 g/mol. The first-order valence-corrected chi connectivity index (χ1v) is 11.5. The van der Waals surface area contributed by atoms with Gasteiger partial charge >= 0.3 is 0 Å². The maximum atomic E-state index is 12.5. The van der Waals surface area contributed by atoms with Crippen LogP contribution in [-0.2, 0) is 29.5 Å². The van der Waals surface area contributed by atoms with E-state index in [0.717, 1.165) is 17.0 Å². The van der Waals surface area contributed by atoms with Crippen molar-refractivity contribution in [2.24, 2.45) is 4.99 Å². The number of aromatic nitrogens is 1. The van der Waals surface area contributed by atoms with Gasteiger partial charge in [-0.1, -0.05) is 19.1 Å². The Labute approximate surface area is 195 Å². The number of hydrogen-bond donors (Lipinski definition) is 2. The van der Waals surface area contributed by atoms with Crippen molar-refractivity contribution in [2.45, 2.75) is 51.2 Å². The Hall–Kier alpha value is -1.24. The average Bonchev–Trinajstić information content (AvgIpc) is 3.15. The van der Waals surface area contributed by atoms with Crippen molar-refractivity contribution in [3.8, 4) is 0 Å². The highest BCUT2D eigenvalue weighted by molar-refractivity contribution is 14.0. The number of halogens is 1. The van der Waals surface area contributed by atoms with E-state index in [1.54, 1.807) is 37.6 Å². The zero-order valence-electron chi connectivity index (χ0n) is 17.5. The molecule has 0 aliphatic carbocycles. The van der Waals surface area contributed by atoms with Crippen LogP contribution in [0.25, 0.3) is 0 Å². The van der Waals surface area contributed by atoms with Gasteiger partial charge in [0.2, 0.25) is 10.0 Å². The molecule has 1 heterocycles. The van der Waals surface area contributed by atoms with Gasteiger partial charge in [-0.2, -0.15) is 4.31 Å². The molecule has 1 aromatic heterocycles. The molecule has 2 aromatic rings. The molecule has 0 radical (unpaired) electrons. The smallest absolute Gasteiger partial charge is 0.243 e. The predicted octanol–water partition coefficient (Wildman–Crippen LogP) is 3.22. The van der Waals surface area contributed by atoms with Gasteiger partial charge in [-0.3, -0.25) is 4.99 Å². The second kappa shape index (κ2) is 11.8. The molecule has 0 saturated heterocycles. The lowest BCUT2D eigenvalue weighted by Gasteiger charge is -2.21. The van der Waals surface area contributed by atoms with Gasteiger partial charge in [0, 0.05) is 37.8 Å². The topological polar surface area (TPSA) is 86.7 Å². The summed E-state index contributed by atoms with van der Waals surface area (Å²) in [7, 11) is -0.151. The second-order valence-electron chi connectivity index (χ2n) is 6.61. The number of aliphatic imine (C=N–C) groups is 1. The average molecular weight is 552 g/mol. The maximum absolute atomic E-state index is 12.5. The molecule has 0 spiro atoms. The Morgan fingerprint density at radius 1 is 1.21 bits per heavy atom. The minimum atomic E-state index is -3.46. The van der Waals surface area contributed by atoms with Crippen molar-refractivity contribution in [2.75, 3.05) is 14.1 Å². The number of benzene rings is 1. The van der Waals surface area contributed by atoms with E-state index >= 15 is 0 Å². The van der Waals surface area contributed by atoms with Crippen LogP contribution in [0.1, 0.15) is 36.2 Å². The summed E-state index contributed by atoms with van der Waals surface area (Å²) < 4.78 is 26.4. The van der Waals surface area contributed by atoms with E-state index in [4.69, 9.17) is 0 Å². The van der Waals surface area contributed by atoms with Gasteiger partial charge in [-0.15, -0.1) is 35.3 Å². The molecule has 2 N–H and O–H groups in total. The van der Waals surface area contributed by atoms with Crippen LogP contribution in [0.4, 0.5) is 0 Å². The standard InChI is InChI=1S/C19H29N5O2S2.HI/c1-6-16-12-21-18(27-16)13-23-19(20-4)22-11-15-7-9-17(10-8-15)28(25,26)24(5)14(2)3;/h7-10,12,14H,6,11,13H2,1-5H3,(H2,20,22,23);1H. The fourth-order valence-electron chi connectivity index (χ4n) is 2.38. The molecule has 162 valence electrons. The van der Waals surface area contributed by atoms with Crippen molar-refractivity contribution >= 4 is 51.3 Å². The van der Waals surface area contributed by atoms with E-state index in [2.05, 4.69) is 27.5 Å². The number of nitrogens with one attached hydrogen (secondary N) is 2. The molecule has 0 unspecified atom stereocenters. The third kappa shape index (κ3) is 7.19. The fourth-order valence-corrected chi connectivity index (χ4v) is 4.55. The Balaban J connectivity index is 0.00000420. The largest absolute Gasteiger partial charge is 0.352 e. The normalized spacial score (nSPS) is 12.2. The Morgan fingerprint density at radius 3 is 2.34 bits per heavy atom. The summed E-state index contributed by atoms with van der Waals surface area (Å²) in [5, 5.41) is 7.49. The molecule has 1 aromatic carbocycles. The van der Waals surface area contributed by atoms with Crippen molar-refractivity contribution in [1.82, 2.24) is 19.9 Å². The lowest BCUT2D eigenvalue weighted by atomic mass is 10.2. The third-order valence-corrected chi connectivity index (χ3v) is 7.56. The van der Waals surface area contributed by atoms with Gasteiger partial charge in [0.1, 0.15) is 5.01 Å². The van der Waals surface area contributed by atoms with Crippen LogP contribution in [0.5, 0.6) is 0 Å². The third-order valence-electron chi connectivity index (χ3n) is 4.37. The van der Waals surface area contributed by atoms with Crippen LogP contribution in [0.2, 0.25) is 0 Å². The van der Waals surface area contributed by atoms with Gasteiger partial charge in [0.15, 0.2) is 5.96 Å². The first kappa shape index (κ1) is 25.8. The lowest BCUT2D eigenvalue weighted by Crippen LogP contribution is -2.36. The van der Waals surface area contributed by atoms with Gasteiger partial charge in [0.05, 0.1) is 11.4 Å². The van der Waals surface area contributed by atoms with Gasteiger partial charge in [-0.25, -0.2) is 13.4 Å². The zero-order chi connectivity index (χ0) is 20.7. The number of nitrogens with zero attached hydrogens (tertiary/aromatic N) is 3. The highest BCUT2D eigenvalue weighted by Crippen LogP contribution is 2.17. The van der Waals surface area contributed by atoms with Gasteiger partial charge in [0.25, 0.3) is 0 Å². The summed E-state index contributed by atoms with van der Waals surface area (Å²) in [6.07, 6.45) is 2.90. The number of sulfonamides is 1. The highest BCUT2D eigenvalue weighted by atomic mass is 127. The van der Waals surface area contributed by atoms with Crippen molar-refractivity contribution in [3.05, 3.63) is 45.9 Å². The van der Waals surface area contributed by atoms with Crippen LogP contribution in [-0.4, -0.2) is 43.8 Å². The quantitative estimate of drug-likeness (QED) is 0.299.